The zero-order chi connectivity index (χ0) is 28.2. The first kappa shape index (κ1) is 27.5. The summed E-state index contributed by atoms with van der Waals surface area (Å²) in [5.41, 5.74) is 7.30. The molecule has 7 nitrogen and oxygen atoms in total. The van der Waals surface area contributed by atoms with E-state index in [1.165, 1.54) is 6.07 Å². The van der Waals surface area contributed by atoms with Gasteiger partial charge < -0.3 is 24.3 Å². The van der Waals surface area contributed by atoms with Crippen molar-refractivity contribution in [1.29, 1.82) is 0 Å². The van der Waals surface area contributed by atoms with Gasteiger partial charge in [-0.3, -0.25) is 0 Å². The lowest BCUT2D eigenvalue weighted by atomic mass is 10.0. The highest BCUT2D eigenvalue weighted by Crippen LogP contribution is 2.27. The number of ether oxygens (including phenoxy) is 2. The van der Waals surface area contributed by atoms with Crippen molar-refractivity contribution >= 4 is 11.0 Å². The number of hydrogen-bond acceptors (Lipinski definition) is 6. The van der Waals surface area contributed by atoms with Crippen LogP contribution in [0.5, 0.6) is 5.88 Å². The molecule has 0 aliphatic heterocycles. The number of imidazole rings is 1. The quantitative estimate of drug-likeness (QED) is 0.222. The molecule has 0 bridgehead atoms. The fourth-order valence-corrected chi connectivity index (χ4v) is 4.72. The molecule has 2 aromatic heterocycles. The van der Waals surface area contributed by atoms with E-state index in [1.807, 2.05) is 31.2 Å². The first-order chi connectivity index (χ1) is 19.3. The molecule has 5 aromatic rings. The van der Waals surface area contributed by atoms with Gasteiger partial charge in [-0.05, 0) is 60.9 Å². The van der Waals surface area contributed by atoms with Crippen LogP contribution in [0.2, 0.25) is 0 Å². The minimum atomic E-state index is -1.55. The summed E-state index contributed by atoms with van der Waals surface area (Å²) in [6, 6.07) is 22.1. The monoisotopic (exact) mass is 541 g/mol. The Balaban J connectivity index is 1.37. The van der Waals surface area contributed by atoms with Crippen LogP contribution in [-0.4, -0.2) is 38.5 Å². The van der Waals surface area contributed by atoms with Crippen molar-refractivity contribution < 1.29 is 24.1 Å². The zero-order valence-corrected chi connectivity index (χ0v) is 22.8. The number of aryl methyl sites for hydroxylation is 2. The Morgan fingerprint density at radius 2 is 1.75 bits per heavy atom. The number of rotatable bonds is 10. The van der Waals surface area contributed by atoms with E-state index in [9.17, 15) is 14.6 Å². The maximum atomic E-state index is 14.2. The second-order valence-corrected chi connectivity index (χ2v) is 9.86. The van der Waals surface area contributed by atoms with E-state index in [-0.39, 0.29) is 12.4 Å². The number of aromatic nitrogens is 3. The fourth-order valence-electron chi connectivity index (χ4n) is 4.72. The summed E-state index contributed by atoms with van der Waals surface area (Å²) in [6.45, 7) is 5.10. The van der Waals surface area contributed by atoms with E-state index in [0.717, 1.165) is 44.8 Å². The number of methoxy groups -OCH3 is 1. The normalized spacial score (nSPS) is 11.5. The van der Waals surface area contributed by atoms with E-state index in [2.05, 4.69) is 28.6 Å². The number of benzene rings is 3. The van der Waals surface area contributed by atoms with E-state index >= 15 is 0 Å². The summed E-state index contributed by atoms with van der Waals surface area (Å²) < 4.78 is 27.4. The molecule has 0 atom stereocenters. The van der Waals surface area contributed by atoms with Crippen LogP contribution in [0.25, 0.3) is 22.3 Å². The predicted molar refractivity (Wildman–Crippen MR) is 151 cm³/mol. The van der Waals surface area contributed by atoms with E-state index in [0.29, 0.717) is 36.6 Å². The van der Waals surface area contributed by atoms with Gasteiger partial charge in [-0.2, -0.15) is 0 Å². The lowest BCUT2D eigenvalue weighted by Gasteiger charge is -2.12. The lowest BCUT2D eigenvalue weighted by molar-refractivity contribution is -0.0424. The Hall–Kier alpha value is -4.11. The molecule has 5 rings (SSSR count). The Bertz CT molecular complexity index is 1650. The van der Waals surface area contributed by atoms with Gasteiger partial charge >= 0.3 is 0 Å². The molecule has 0 aliphatic carbocycles. The molecule has 0 unspecified atom stereocenters. The average Bonchev–Trinajstić information content (AvgIpc) is 3.28. The van der Waals surface area contributed by atoms with Crippen LogP contribution in [0.15, 0.2) is 72.8 Å². The molecular weight excluding hydrogens is 509 g/mol. The second kappa shape index (κ2) is 12.0. The van der Waals surface area contributed by atoms with Crippen molar-refractivity contribution in [3.8, 4) is 17.1 Å². The van der Waals surface area contributed by atoms with Crippen LogP contribution in [0.1, 0.15) is 39.9 Å². The number of aliphatic hydroxyl groups is 2. The molecule has 0 fully saturated rings. The van der Waals surface area contributed by atoms with Gasteiger partial charge in [0.25, 0.3) is 0 Å². The first-order valence-electron chi connectivity index (χ1n) is 13.1. The number of aliphatic hydroxyl groups excluding tert-OH is 1. The van der Waals surface area contributed by atoms with Gasteiger partial charge in [0.15, 0.2) is 6.29 Å². The van der Waals surface area contributed by atoms with Crippen molar-refractivity contribution in [2.75, 3.05) is 13.7 Å². The van der Waals surface area contributed by atoms with Crippen LogP contribution < -0.4 is 4.74 Å². The van der Waals surface area contributed by atoms with Crippen molar-refractivity contribution in [1.82, 2.24) is 14.5 Å². The lowest BCUT2D eigenvalue weighted by Crippen LogP contribution is -2.09. The van der Waals surface area contributed by atoms with E-state index in [1.54, 1.807) is 37.4 Å². The SMILES string of the molecule is COCCn1c(Cc2ccc(-c3cccc(OCc4ccc(C)cc4F)n3)cc2C)nc2ccc(C(O)O)cc21. The maximum absolute atomic E-state index is 14.2. The maximum Gasteiger partial charge on any atom is 0.214 e. The summed E-state index contributed by atoms with van der Waals surface area (Å²) in [7, 11) is 1.65. The summed E-state index contributed by atoms with van der Waals surface area (Å²) in [4.78, 5) is 9.48. The molecule has 3 aromatic carbocycles. The van der Waals surface area contributed by atoms with E-state index < -0.39 is 6.29 Å². The van der Waals surface area contributed by atoms with Crippen LogP contribution in [0.3, 0.4) is 0 Å². The Labute approximate surface area is 232 Å². The molecule has 8 heteroatoms. The minimum Gasteiger partial charge on any atom is -0.473 e. The highest BCUT2D eigenvalue weighted by molar-refractivity contribution is 5.77. The zero-order valence-electron chi connectivity index (χ0n) is 22.8. The Kier molecular flexibility index (Phi) is 8.21. The molecule has 0 aliphatic rings. The smallest absolute Gasteiger partial charge is 0.214 e. The predicted octanol–water partition coefficient (Wildman–Crippen LogP) is 5.65. The third kappa shape index (κ3) is 6.04. The average molecular weight is 542 g/mol. The Morgan fingerprint density at radius 1 is 0.925 bits per heavy atom. The molecule has 0 spiro atoms. The molecule has 206 valence electrons. The summed E-state index contributed by atoms with van der Waals surface area (Å²) >= 11 is 0. The van der Waals surface area contributed by atoms with Gasteiger partial charge in [-0.15, -0.1) is 0 Å². The van der Waals surface area contributed by atoms with Crippen molar-refractivity contribution in [2.45, 2.75) is 39.7 Å². The van der Waals surface area contributed by atoms with Gasteiger partial charge in [0, 0.05) is 42.8 Å². The number of fused-ring (bicyclic) bond motifs is 1. The second-order valence-electron chi connectivity index (χ2n) is 9.86. The number of hydrogen-bond donors (Lipinski definition) is 2. The van der Waals surface area contributed by atoms with Crippen LogP contribution >= 0.6 is 0 Å². The third-order valence-electron chi connectivity index (χ3n) is 6.96. The van der Waals surface area contributed by atoms with Gasteiger partial charge in [0.1, 0.15) is 18.2 Å². The molecular formula is C32H32FN3O4. The van der Waals surface area contributed by atoms with Crippen LogP contribution in [0, 0.1) is 19.7 Å². The molecule has 40 heavy (non-hydrogen) atoms. The molecule has 2 heterocycles. The van der Waals surface area contributed by atoms with Crippen molar-refractivity contribution in [3.63, 3.8) is 0 Å². The van der Waals surface area contributed by atoms with Gasteiger partial charge in [0.2, 0.25) is 5.88 Å². The molecule has 0 saturated carbocycles. The number of nitrogens with zero attached hydrogens (tertiary/aromatic N) is 3. The largest absolute Gasteiger partial charge is 0.473 e. The summed E-state index contributed by atoms with van der Waals surface area (Å²) in [6.07, 6.45) is -0.949. The van der Waals surface area contributed by atoms with Crippen LogP contribution in [-0.2, 0) is 24.3 Å². The molecule has 0 saturated heterocycles. The summed E-state index contributed by atoms with van der Waals surface area (Å²) in [5, 5.41) is 19.3. The van der Waals surface area contributed by atoms with E-state index in [4.69, 9.17) is 14.5 Å². The standard InChI is InChI=1S/C32H32FN3O4/c1-20-7-8-25(26(33)15-20)19-40-31-6-4-5-27(35-31)23-10-9-22(21(2)16-23)18-30-34-28-12-11-24(32(37)38)17-29(28)36(30)13-14-39-3/h4-12,15-17,32,37-38H,13-14,18-19H2,1-3H3. The number of halogens is 1. The number of pyridine rings is 1. The highest BCUT2D eigenvalue weighted by Gasteiger charge is 2.15. The molecule has 0 radical (unpaired) electrons. The first-order valence-corrected chi connectivity index (χ1v) is 13.1. The third-order valence-corrected chi connectivity index (χ3v) is 6.96. The van der Waals surface area contributed by atoms with Gasteiger partial charge in [-0.25, -0.2) is 14.4 Å². The fraction of sp³-hybridized carbons (Fsp3) is 0.250. The topological polar surface area (TPSA) is 89.6 Å². The Morgan fingerprint density at radius 3 is 2.50 bits per heavy atom. The highest BCUT2D eigenvalue weighted by atomic mass is 19.1. The minimum absolute atomic E-state index is 0.101. The molecule has 2 N–H and O–H groups in total. The summed E-state index contributed by atoms with van der Waals surface area (Å²) in [5.74, 6) is 1.01. The van der Waals surface area contributed by atoms with Crippen molar-refractivity contribution in [2.24, 2.45) is 0 Å². The van der Waals surface area contributed by atoms with Crippen molar-refractivity contribution in [3.05, 3.63) is 112 Å². The van der Waals surface area contributed by atoms with Gasteiger partial charge in [0.05, 0.1) is 23.3 Å². The molecule has 0 amide bonds. The van der Waals surface area contributed by atoms with Gasteiger partial charge in [-0.1, -0.05) is 36.4 Å². The van der Waals surface area contributed by atoms with Crippen LogP contribution in [0.4, 0.5) is 4.39 Å².